The van der Waals surface area contributed by atoms with Crippen LogP contribution in [0.2, 0.25) is 0 Å². The molecule has 7 nitrogen and oxygen atoms in total. The van der Waals surface area contributed by atoms with Crippen molar-refractivity contribution in [2.75, 3.05) is 23.7 Å². The predicted octanol–water partition coefficient (Wildman–Crippen LogP) is 2.83. The van der Waals surface area contributed by atoms with Gasteiger partial charge in [-0.25, -0.2) is 4.79 Å². The minimum absolute atomic E-state index is 0.134. The lowest BCUT2D eigenvalue weighted by molar-refractivity contribution is -0.118. The Kier molecular flexibility index (Phi) is 7.37. The first-order chi connectivity index (χ1) is 13.0. The zero-order valence-electron chi connectivity index (χ0n) is 15.4. The molecule has 2 rings (SSSR count). The summed E-state index contributed by atoms with van der Waals surface area (Å²) in [6.07, 6.45) is 0. The van der Waals surface area contributed by atoms with Gasteiger partial charge in [-0.2, -0.15) is 0 Å². The number of benzene rings is 2. The third-order valence-electron chi connectivity index (χ3n) is 3.57. The Morgan fingerprint density at radius 1 is 0.926 bits per heavy atom. The average Bonchev–Trinajstić information content (AvgIpc) is 2.65. The quantitative estimate of drug-likeness (QED) is 0.604. The van der Waals surface area contributed by atoms with Crippen LogP contribution in [0, 0.1) is 5.92 Å². The Hall–Kier alpha value is -3.35. The number of nitrogens with one attached hydrogen (secondary N) is 4. The van der Waals surface area contributed by atoms with Crippen LogP contribution in [0.1, 0.15) is 24.2 Å². The van der Waals surface area contributed by atoms with Gasteiger partial charge in [0.2, 0.25) is 5.91 Å². The Morgan fingerprint density at radius 3 is 2.30 bits per heavy atom. The highest BCUT2D eigenvalue weighted by Crippen LogP contribution is 2.17. The number of urea groups is 1. The van der Waals surface area contributed by atoms with E-state index in [1.54, 1.807) is 36.4 Å². The number of hydrogen-bond donors (Lipinski definition) is 4. The zero-order chi connectivity index (χ0) is 19.6. The van der Waals surface area contributed by atoms with Crippen molar-refractivity contribution in [2.24, 2.45) is 5.92 Å². The maximum absolute atomic E-state index is 12.5. The number of hydrogen-bond acceptors (Lipinski definition) is 4. The van der Waals surface area contributed by atoms with Crippen molar-refractivity contribution in [3.05, 3.63) is 60.2 Å². The lowest BCUT2D eigenvalue weighted by atomic mass is 10.1. The molecule has 0 aliphatic carbocycles. The molecule has 0 unspecified atom stereocenters. The normalized spacial score (nSPS) is 10.2. The smallest absolute Gasteiger partial charge is 0.321 e. The van der Waals surface area contributed by atoms with Gasteiger partial charge in [0, 0.05) is 17.9 Å². The van der Waals surface area contributed by atoms with Crippen LogP contribution >= 0.6 is 0 Å². The van der Waals surface area contributed by atoms with Crippen LogP contribution in [0.25, 0.3) is 0 Å². The van der Waals surface area contributed by atoms with Gasteiger partial charge < -0.3 is 16.0 Å². The number of carbonyl (C=O) groups excluding carboxylic acids is 3. The lowest BCUT2D eigenvalue weighted by Gasteiger charge is -2.13. The van der Waals surface area contributed by atoms with Crippen LogP contribution in [0.3, 0.4) is 0 Å². The van der Waals surface area contributed by atoms with Crippen LogP contribution in [-0.2, 0) is 4.79 Å². The first-order valence-electron chi connectivity index (χ1n) is 8.72. The van der Waals surface area contributed by atoms with Gasteiger partial charge in [-0.1, -0.05) is 44.2 Å². The summed E-state index contributed by atoms with van der Waals surface area (Å²) in [5.41, 5.74) is 1.58. The minimum Gasteiger partial charge on any atom is -0.375 e. The molecule has 2 aromatic rings. The van der Waals surface area contributed by atoms with Crippen molar-refractivity contribution in [3.8, 4) is 0 Å². The number of para-hydroxylation sites is 2. The fraction of sp³-hybridized carbons (Fsp3) is 0.250. The van der Waals surface area contributed by atoms with Crippen molar-refractivity contribution in [2.45, 2.75) is 13.8 Å². The lowest BCUT2D eigenvalue weighted by Crippen LogP contribution is -2.43. The zero-order valence-corrected chi connectivity index (χ0v) is 15.4. The number of anilines is 2. The first kappa shape index (κ1) is 20.0. The molecule has 0 fully saturated rings. The fourth-order valence-corrected chi connectivity index (χ4v) is 2.24. The summed E-state index contributed by atoms with van der Waals surface area (Å²) in [5.74, 6) is -0.493. The molecule has 0 saturated carbocycles. The monoisotopic (exact) mass is 368 g/mol. The molecule has 27 heavy (non-hydrogen) atoms. The molecule has 142 valence electrons. The molecule has 2 aromatic carbocycles. The second-order valence-corrected chi connectivity index (χ2v) is 6.37. The molecule has 0 radical (unpaired) electrons. The summed E-state index contributed by atoms with van der Waals surface area (Å²) >= 11 is 0. The van der Waals surface area contributed by atoms with Crippen LogP contribution in [0.4, 0.5) is 16.2 Å². The summed E-state index contributed by atoms with van der Waals surface area (Å²) in [5, 5.41) is 10.5. The predicted molar refractivity (Wildman–Crippen MR) is 106 cm³/mol. The maximum atomic E-state index is 12.5. The third-order valence-corrected chi connectivity index (χ3v) is 3.57. The van der Waals surface area contributed by atoms with Gasteiger partial charge >= 0.3 is 6.03 Å². The number of amides is 4. The number of carbonyl (C=O) groups is 3. The summed E-state index contributed by atoms with van der Waals surface area (Å²) in [6, 6.07) is 15.4. The van der Waals surface area contributed by atoms with E-state index in [1.807, 2.05) is 32.0 Å². The van der Waals surface area contributed by atoms with E-state index in [9.17, 15) is 14.4 Å². The Bertz CT molecular complexity index is 791. The summed E-state index contributed by atoms with van der Waals surface area (Å²) < 4.78 is 0. The van der Waals surface area contributed by atoms with Crippen molar-refractivity contribution in [1.29, 1.82) is 0 Å². The average molecular weight is 368 g/mol. The van der Waals surface area contributed by atoms with Gasteiger partial charge in [0.25, 0.3) is 5.91 Å². The summed E-state index contributed by atoms with van der Waals surface area (Å²) in [6.45, 7) is 4.27. The van der Waals surface area contributed by atoms with Crippen LogP contribution in [0.5, 0.6) is 0 Å². The molecule has 0 atom stereocenters. The van der Waals surface area contributed by atoms with Crippen LogP contribution in [-0.4, -0.2) is 30.9 Å². The number of rotatable bonds is 7. The molecular weight excluding hydrogens is 344 g/mol. The van der Waals surface area contributed by atoms with E-state index in [1.165, 1.54) is 0 Å². The van der Waals surface area contributed by atoms with Gasteiger partial charge in [0.05, 0.1) is 12.1 Å². The Morgan fingerprint density at radius 2 is 1.59 bits per heavy atom. The van der Waals surface area contributed by atoms with E-state index >= 15 is 0 Å². The number of imide groups is 1. The maximum Gasteiger partial charge on any atom is 0.321 e. The molecule has 0 saturated heterocycles. The SMILES string of the molecule is CC(C)CNC(=O)NC(=O)CNc1ccccc1C(=O)Nc1ccccc1. The molecule has 0 aliphatic rings. The minimum atomic E-state index is -0.536. The van der Waals surface area contributed by atoms with E-state index < -0.39 is 11.9 Å². The van der Waals surface area contributed by atoms with E-state index in [2.05, 4.69) is 21.3 Å². The molecule has 0 heterocycles. The van der Waals surface area contributed by atoms with Crippen LogP contribution in [0.15, 0.2) is 54.6 Å². The van der Waals surface area contributed by atoms with E-state index in [0.29, 0.717) is 29.4 Å². The Labute approximate surface area is 158 Å². The second-order valence-electron chi connectivity index (χ2n) is 6.37. The first-order valence-corrected chi connectivity index (χ1v) is 8.72. The third kappa shape index (κ3) is 6.81. The highest BCUT2D eigenvalue weighted by atomic mass is 16.2. The van der Waals surface area contributed by atoms with Gasteiger partial charge in [-0.15, -0.1) is 0 Å². The standard InChI is InChI=1S/C20H24N4O3/c1-14(2)12-22-20(27)24-18(25)13-21-17-11-7-6-10-16(17)19(26)23-15-8-4-3-5-9-15/h3-11,14,21H,12-13H2,1-2H3,(H,23,26)(H2,22,24,25,27). The van der Waals surface area contributed by atoms with Crippen LogP contribution < -0.4 is 21.3 Å². The second kappa shape index (κ2) is 9.96. The molecule has 0 aliphatic heterocycles. The van der Waals surface area contributed by atoms with E-state index in [4.69, 9.17) is 0 Å². The summed E-state index contributed by atoms with van der Waals surface area (Å²) in [7, 11) is 0. The van der Waals surface area contributed by atoms with Gasteiger partial charge in [0.15, 0.2) is 0 Å². The van der Waals surface area contributed by atoms with Gasteiger partial charge in [-0.05, 0) is 30.2 Å². The Balaban J connectivity index is 1.92. The van der Waals surface area contributed by atoms with Crippen molar-refractivity contribution in [3.63, 3.8) is 0 Å². The fourth-order valence-electron chi connectivity index (χ4n) is 2.24. The summed E-state index contributed by atoms with van der Waals surface area (Å²) in [4.78, 5) is 36.0. The highest BCUT2D eigenvalue weighted by Gasteiger charge is 2.13. The van der Waals surface area contributed by atoms with E-state index in [0.717, 1.165) is 0 Å². The van der Waals surface area contributed by atoms with E-state index in [-0.39, 0.29) is 12.5 Å². The molecule has 0 aromatic heterocycles. The molecule has 0 bridgehead atoms. The van der Waals surface area contributed by atoms with Crippen molar-refractivity contribution >= 4 is 29.2 Å². The molecule has 4 N–H and O–H groups in total. The molecule has 7 heteroatoms. The van der Waals surface area contributed by atoms with Gasteiger partial charge in [-0.3, -0.25) is 14.9 Å². The largest absolute Gasteiger partial charge is 0.375 e. The molecule has 0 spiro atoms. The molecular formula is C20H24N4O3. The van der Waals surface area contributed by atoms with Crippen molar-refractivity contribution < 1.29 is 14.4 Å². The topological polar surface area (TPSA) is 99.3 Å². The molecule has 4 amide bonds. The van der Waals surface area contributed by atoms with Crippen molar-refractivity contribution in [1.82, 2.24) is 10.6 Å². The van der Waals surface area contributed by atoms with Gasteiger partial charge in [0.1, 0.15) is 0 Å². The highest BCUT2D eigenvalue weighted by molar-refractivity contribution is 6.08.